The molecular formula is C14H19FN2O. The number of rotatable bonds is 2. The van der Waals surface area contributed by atoms with Gasteiger partial charge in [0.15, 0.2) is 0 Å². The van der Waals surface area contributed by atoms with Crippen molar-refractivity contribution >= 4 is 11.6 Å². The number of carbonyl (C=O) groups excluding carboxylic acids is 1. The maximum atomic E-state index is 13.8. The number of carbonyl (C=O) groups is 1. The van der Waals surface area contributed by atoms with Crippen LogP contribution in [0.4, 0.5) is 10.1 Å². The van der Waals surface area contributed by atoms with Crippen LogP contribution >= 0.6 is 0 Å². The van der Waals surface area contributed by atoms with Gasteiger partial charge in [0.05, 0.1) is 11.3 Å². The first-order valence-electron chi connectivity index (χ1n) is 6.33. The fourth-order valence-electron chi connectivity index (χ4n) is 2.38. The van der Waals surface area contributed by atoms with Crippen LogP contribution in [0.5, 0.6) is 0 Å². The maximum absolute atomic E-state index is 13.8. The Kier molecular flexibility index (Phi) is 3.55. The van der Waals surface area contributed by atoms with Crippen LogP contribution in [0.1, 0.15) is 36.2 Å². The number of hydrogen-bond acceptors (Lipinski definition) is 2. The molecule has 1 heterocycles. The molecular weight excluding hydrogens is 231 g/mol. The number of hydrogen-bond donors (Lipinski definition) is 2. The standard InChI is InChI=1S/C14H19FN2O/c1-8(2)6-10-7-16-13-9(3)4-5-11(15)12(13)14(18)17-10/h4-5,8,10,16H,6-7H2,1-3H3,(H,17,18). The van der Waals surface area contributed by atoms with Crippen LogP contribution in [0.25, 0.3) is 0 Å². The molecule has 1 aromatic rings. The van der Waals surface area contributed by atoms with Gasteiger partial charge in [-0.15, -0.1) is 0 Å². The molecule has 0 bridgehead atoms. The second kappa shape index (κ2) is 4.96. The molecule has 1 aromatic carbocycles. The molecule has 98 valence electrons. The number of nitrogens with one attached hydrogen (secondary N) is 2. The molecule has 0 aromatic heterocycles. The van der Waals surface area contributed by atoms with E-state index in [0.29, 0.717) is 18.2 Å². The molecule has 0 saturated heterocycles. The Morgan fingerprint density at radius 3 is 2.83 bits per heavy atom. The van der Waals surface area contributed by atoms with Crippen molar-refractivity contribution in [3.63, 3.8) is 0 Å². The van der Waals surface area contributed by atoms with Gasteiger partial charge in [-0.2, -0.15) is 0 Å². The van der Waals surface area contributed by atoms with E-state index in [2.05, 4.69) is 24.5 Å². The van der Waals surface area contributed by atoms with Crippen molar-refractivity contribution in [2.24, 2.45) is 5.92 Å². The zero-order valence-corrected chi connectivity index (χ0v) is 11.0. The van der Waals surface area contributed by atoms with Crippen LogP contribution < -0.4 is 10.6 Å². The second-order valence-electron chi connectivity index (χ2n) is 5.30. The summed E-state index contributed by atoms with van der Waals surface area (Å²) in [4.78, 5) is 12.1. The van der Waals surface area contributed by atoms with Gasteiger partial charge < -0.3 is 10.6 Å². The molecule has 1 unspecified atom stereocenters. The van der Waals surface area contributed by atoms with E-state index in [4.69, 9.17) is 0 Å². The molecule has 18 heavy (non-hydrogen) atoms. The van der Waals surface area contributed by atoms with Gasteiger partial charge in [-0.3, -0.25) is 4.79 Å². The highest BCUT2D eigenvalue weighted by atomic mass is 19.1. The van der Waals surface area contributed by atoms with Crippen LogP contribution in [0.2, 0.25) is 0 Å². The van der Waals surface area contributed by atoms with E-state index in [-0.39, 0.29) is 17.5 Å². The Morgan fingerprint density at radius 2 is 2.17 bits per heavy atom. The lowest BCUT2D eigenvalue weighted by Gasteiger charge is -2.17. The van der Waals surface area contributed by atoms with Crippen LogP contribution in [-0.4, -0.2) is 18.5 Å². The van der Waals surface area contributed by atoms with E-state index in [0.717, 1.165) is 12.0 Å². The first-order valence-corrected chi connectivity index (χ1v) is 6.33. The van der Waals surface area contributed by atoms with Crippen molar-refractivity contribution in [3.8, 4) is 0 Å². The van der Waals surface area contributed by atoms with Crippen molar-refractivity contribution in [2.45, 2.75) is 33.2 Å². The van der Waals surface area contributed by atoms with Crippen LogP contribution in [0, 0.1) is 18.7 Å². The minimum atomic E-state index is -0.467. The van der Waals surface area contributed by atoms with Gasteiger partial charge in [0.1, 0.15) is 5.82 Å². The molecule has 1 amide bonds. The normalized spacial score (nSPS) is 18.9. The van der Waals surface area contributed by atoms with E-state index in [1.165, 1.54) is 6.07 Å². The van der Waals surface area contributed by atoms with Gasteiger partial charge in [-0.05, 0) is 30.9 Å². The Hall–Kier alpha value is -1.58. The first kappa shape index (κ1) is 12.9. The second-order valence-corrected chi connectivity index (χ2v) is 5.30. The Labute approximate surface area is 107 Å². The molecule has 0 aliphatic carbocycles. The summed E-state index contributed by atoms with van der Waals surface area (Å²) in [5.41, 5.74) is 1.66. The Bertz CT molecular complexity index is 471. The third-order valence-corrected chi connectivity index (χ3v) is 3.21. The molecule has 1 aliphatic rings. The SMILES string of the molecule is Cc1ccc(F)c2c1NCC(CC(C)C)NC2=O. The van der Waals surface area contributed by atoms with Crippen molar-refractivity contribution in [2.75, 3.05) is 11.9 Å². The van der Waals surface area contributed by atoms with Crippen molar-refractivity contribution in [3.05, 3.63) is 29.1 Å². The number of halogens is 1. The summed E-state index contributed by atoms with van der Waals surface area (Å²) in [6.45, 7) is 6.73. The average Bonchev–Trinajstić information content (AvgIpc) is 2.43. The Balaban J connectivity index is 2.32. The van der Waals surface area contributed by atoms with Gasteiger partial charge in [0.2, 0.25) is 0 Å². The summed E-state index contributed by atoms with van der Waals surface area (Å²) in [5, 5.41) is 6.09. The number of fused-ring (bicyclic) bond motifs is 1. The minimum absolute atomic E-state index is 0.0451. The largest absolute Gasteiger partial charge is 0.382 e. The molecule has 1 aliphatic heterocycles. The fourth-order valence-corrected chi connectivity index (χ4v) is 2.38. The molecule has 0 radical (unpaired) electrons. The highest BCUT2D eigenvalue weighted by Gasteiger charge is 2.25. The lowest BCUT2D eigenvalue weighted by Crippen LogP contribution is -2.38. The molecule has 2 rings (SSSR count). The molecule has 0 saturated carbocycles. The summed E-state index contributed by atoms with van der Waals surface area (Å²) in [6.07, 6.45) is 0.882. The summed E-state index contributed by atoms with van der Waals surface area (Å²) in [7, 11) is 0. The first-order chi connectivity index (χ1) is 8.49. The summed E-state index contributed by atoms with van der Waals surface area (Å²) >= 11 is 0. The zero-order valence-electron chi connectivity index (χ0n) is 11.0. The van der Waals surface area contributed by atoms with Gasteiger partial charge >= 0.3 is 0 Å². The smallest absolute Gasteiger partial charge is 0.256 e. The van der Waals surface area contributed by atoms with E-state index in [1.54, 1.807) is 6.07 Å². The van der Waals surface area contributed by atoms with Gasteiger partial charge in [0, 0.05) is 12.6 Å². The number of aryl methyl sites for hydroxylation is 1. The van der Waals surface area contributed by atoms with E-state index >= 15 is 0 Å². The predicted molar refractivity (Wildman–Crippen MR) is 70.3 cm³/mol. The third-order valence-electron chi connectivity index (χ3n) is 3.21. The van der Waals surface area contributed by atoms with E-state index in [1.807, 2.05) is 6.92 Å². The molecule has 1 atom stereocenters. The highest BCUT2D eigenvalue weighted by molar-refractivity contribution is 6.01. The van der Waals surface area contributed by atoms with Crippen LogP contribution in [-0.2, 0) is 0 Å². The van der Waals surface area contributed by atoms with Crippen LogP contribution in [0.3, 0.4) is 0 Å². The summed E-state index contributed by atoms with van der Waals surface area (Å²) in [5.74, 6) is -0.295. The molecule has 0 fully saturated rings. The lowest BCUT2D eigenvalue weighted by molar-refractivity contribution is 0.0934. The monoisotopic (exact) mass is 250 g/mol. The van der Waals surface area contributed by atoms with Crippen LogP contribution in [0.15, 0.2) is 12.1 Å². The van der Waals surface area contributed by atoms with E-state index < -0.39 is 5.82 Å². The third kappa shape index (κ3) is 2.47. The quantitative estimate of drug-likeness (QED) is 0.847. The summed E-state index contributed by atoms with van der Waals surface area (Å²) < 4.78 is 13.8. The molecule has 2 N–H and O–H groups in total. The fraction of sp³-hybridized carbons (Fsp3) is 0.500. The highest BCUT2D eigenvalue weighted by Crippen LogP contribution is 2.26. The average molecular weight is 250 g/mol. The van der Waals surface area contributed by atoms with Crippen molar-refractivity contribution in [1.29, 1.82) is 0 Å². The van der Waals surface area contributed by atoms with Gasteiger partial charge in [0.25, 0.3) is 5.91 Å². The predicted octanol–water partition coefficient (Wildman–Crippen LogP) is 2.70. The topological polar surface area (TPSA) is 41.1 Å². The van der Waals surface area contributed by atoms with Gasteiger partial charge in [-0.25, -0.2) is 4.39 Å². The molecule has 4 heteroatoms. The number of amides is 1. The number of anilines is 1. The molecule has 0 spiro atoms. The molecule has 3 nitrogen and oxygen atoms in total. The van der Waals surface area contributed by atoms with Crippen molar-refractivity contribution in [1.82, 2.24) is 5.32 Å². The Morgan fingerprint density at radius 1 is 1.44 bits per heavy atom. The van der Waals surface area contributed by atoms with E-state index in [9.17, 15) is 9.18 Å². The zero-order chi connectivity index (χ0) is 13.3. The van der Waals surface area contributed by atoms with Crippen molar-refractivity contribution < 1.29 is 9.18 Å². The maximum Gasteiger partial charge on any atom is 0.256 e. The minimum Gasteiger partial charge on any atom is -0.382 e. The number of benzene rings is 1. The lowest BCUT2D eigenvalue weighted by atomic mass is 10.0. The van der Waals surface area contributed by atoms with Gasteiger partial charge in [-0.1, -0.05) is 19.9 Å². The summed E-state index contributed by atoms with van der Waals surface area (Å²) in [6, 6.07) is 3.08.